The van der Waals surface area contributed by atoms with E-state index in [2.05, 4.69) is 15.4 Å². The van der Waals surface area contributed by atoms with Gasteiger partial charge in [0.1, 0.15) is 17.7 Å². The first-order valence-electron chi connectivity index (χ1n) is 11.4. The maximum absolute atomic E-state index is 15.3. The molecule has 2 aromatic heterocycles. The molecule has 8 nitrogen and oxygen atoms in total. The van der Waals surface area contributed by atoms with E-state index in [1.807, 2.05) is 30.3 Å². The lowest BCUT2D eigenvalue weighted by Gasteiger charge is -2.15. The van der Waals surface area contributed by atoms with Gasteiger partial charge in [-0.2, -0.15) is 5.10 Å². The summed E-state index contributed by atoms with van der Waals surface area (Å²) in [4.78, 5) is 28.5. The normalized spacial score (nSPS) is 14.6. The maximum atomic E-state index is 15.3. The molecule has 1 unspecified atom stereocenters. The van der Waals surface area contributed by atoms with Gasteiger partial charge in [0.25, 0.3) is 0 Å². The average molecular weight is 487 g/mol. The zero-order chi connectivity index (χ0) is 25.3. The molecule has 2 aromatic carbocycles. The van der Waals surface area contributed by atoms with Crippen molar-refractivity contribution >= 4 is 17.9 Å². The first-order chi connectivity index (χ1) is 17.4. The van der Waals surface area contributed by atoms with Crippen LogP contribution in [0, 0.1) is 5.82 Å². The van der Waals surface area contributed by atoms with E-state index in [1.54, 1.807) is 37.3 Å². The Morgan fingerprint density at radius 3 is 2.53 bits per heavy atom. The molecule has 2 N–H and O–H groups in total. The Balaban J connectivity index is 1.33. The summed E-state index contributed by atoms with van der Waals surface area (Å²) in [6, 6.07) is 19.1. The molecule has 0 spiro atoms. The van der Waals surface area contributed by atoms with Crippen LogP contribution in [-0.4, -0.2) is 31.9 Å². The number of benzene rings is 2. The van der Waals surface area contributed by atoms with Crippen LogP contribution in [0.5, 0.6) is 0 Å². The highest BCUT2D eigenvalue weighted by Crippen LogP contribution is 2.50. The number of carboxylic acid groups (broad SMARTS) is 1. The largest absolute Gasteiger partial charge is 0.481 e. The van der Waals surface area contributed by atoms with Crippen molar-refractivity contribution in [3.63, 3.8) is 0 Å². The van der Waals surface area contributed by atoms with Gasteiger partial charge in [0.15, 0.2) is 0 Å². The Morgan fingerprint density at radius 1 is 1.08 bits per heavy atom. The molecule has 0 bridgehead atoms. The zero-order valence-corrected chi connectivity index (χ0v) is 19.4. The third kappa shape index (κ3) is 4.31. The molecule has 1 amide bonds. The Hall–Kier alpha value is -4.53. The van der Waals surface area contributed by atoms with Crippen LogP contribution in [0.3, 0.4) is 0 Å². The molecule has 1 fully saturated rings. The number of aromatic nitrogens is 3. The lowest BCUT2D eigenvalue weighted by Crippen LogP contribution is -2.21. The summed E-state index contributed by atoms with van der Waals surface area (Å²) in [7, 11) is 0. The topological polar surface area (TPSA) is 106 Å². The van der Waals surface area contributed by atoms with Gasteiger partial charge in [0.05, 0.1) is 29.2 Å². The summed E-state index contributed by atoms with van der Waals surface area (Å²) in [6.45, 7) is 1.78. The van der Waals surface area contributed by atoms with Crippen molar-refractivity contribution in [2.45, 2.75) is 31.3 Å². The minimum absolute atomic E-state index is 0.181. The van der Waals surface area contributed by atoms with E-state index in [-0.39, 0.29) is 11.1 Å². The second kappa shape index (κ2) is 9.26. The number of nitrogens with one attached hydrogen (secondary N) is 1. The predicted molar refractivity (Wildman–Crippen MR) is 130 cm³/mol. The maximum Gasteiger partial charge on any atom is 0.413 e. The zero-order valence-electron chi connectivity index (χ0n) is 19.4. The van der Waals surface area contributed by atoms with Crippen molar-refractivity contribution in [3.8, 4) is 16.9 Å². The Bertz CT molecular complexity index is 1420. The van der Waals surface area contributed by atoms with E-state index in [1.165, 1.54) is 23.1 Å². The lowest BCUT2D eigenvalue weighted by atomic mass is 9.93. The van der Waals surface area contributed by atoms with Crippen molar-refractivity contribution in [1.82, 2.24) is 14.8 Å². The molecule has 0 aliphatic heterocycles. The second-order valence-corrected chi connectivity index (χ2v) is 8.67. The van der Waals surface area contributed by atoms with Crippen LogP contribution in [-0.2, 0) is 14.9 Å². The Labute approximate surface area is 206 Å². The van der Waals surface area contributed by atoms with Crippen LogP contribution in [0.4, 0.5) is 15.0 Å². The first kappa shape index (κ1) is 23.2. The number of halogens is 1. The number of carboxylic acids is 1. The van der Waals surface area contributed by atoms with Gasteiger partial charge in [-0.15, -0.1) is 0 Å². The number of carbonyl (C=O) groups is 2. The number of aliphatic carboxylic acids is 1. The van der Waals surface area contributed by atoms with Crippen molar-refractivity contribution in [2.24, 2.45) is 0 Å². The molecule has 4 aromatic rings. The third-order valence-corrected chi connectivity index (χ3v) is 6.37. The fourth-order valence-corrected chi connectivity index (χ4v) is 4.18. The first-order valence-corrected chi connectivity index (χ1v) is 11.4. The van der Waals surface area contributed by atoms with E-state index in [0.717, 1.165) is 5.56 Å². The van der Waals surface area contributed by atoms with Crippen molar-refractivity contribution in [1.29, 1.82) is 0 Å². The molecule has 0 saturated heterocycles. The number of anilines is 1. The van der Waals surface area contributed by atoms with Crippen LogP contribution >= 0.6 is 0 Å². The van der Waals surface area contributed by atoms with E-state index in [0.29, 0.717) is 30.0 Å². The van der Waals surface area contributed by atoms with Crippen LogP contribution in [0.25, 0.3) is 16.9 Å². The Kier molecular flexibility index (Phi) is 5.97. The van der Waals surface area contributed by atoms with Crippen LogP contribution in [0.15, 0.2) is 79.1 Å². The van der Waals surface area contributed by atoms with Gasteiger partial charge >= 0.3 is 12.1 Å². The van der Waals surface area contributed by atoms with Gasteiger partial charge in [-0.25, -0.2) is 13.9 Å². The molecule has 5 rings (SSSR count). The highest BCUT2D eigenvalue weighted by molar-refractivity contribution is 5.86. The molecular weight excluding hydrogens is 463 g/mol. The number of ether oxygens (including phenoxy) is 1. The number of amides is 1. The number of rotatable bonds is 7. The molecule has 9 heteroatoms. The number of hydrogen-bond donors (Lipinski definition) is 2. The molecule has 2 heterocycles. The van der Waals surface area contributed by atoms with E-state index >= 15 is 4.39 Å². The summed E-state index contributed by atoms with van der Waals surface area (Å²) < 4.78 is 22.2. The Morgan fingerprint density at radius 2 is 1.86 bits per heavy atom. The molecule has 36 heavy (non-hydrogen) atoms. The van der Waals surface area contributed by atoms with Crippen molar-refractivity contribution in [3.05, 3.63) is 96.1 Å². The van der Waals surface area contributed by atoms with Gasteiger partial charge in [-0.3, -0.25) is 15.1 Å². The highest BCUT2D eigenvalue weighted by Gasteiger charge is 2.53. The quantitative estimate of drug-likeness (QED) is 0.357. The third-order valence-electron chi connectivity index (χ3n) is 6.37. The van der Waals surface area contributed by atoms with Gasteiger partial charge in [0, 0.05) is 17.2 Å². The summed E-state index contributed by atoms with van der Waals surface area (Å²) >= 11 is 0. The van der Waals surface area contributed by atoms with Crippen LogP contribution in [0.2, 0.25) is 0 Å². The molecule has 1 aliphatic rings. The molecule has 1 saturated carbocycles. The summed E-state index contributed by atoms with van der Waals surface area (Å²) in [6.07, 6.45) is 2.78. The molecule has 0 radical (unpaired) electrons. The van der Waals surface area contributed by atoms with E-state index in [9.17, 15) is 14.7 Å². The van der Waals surface area contributed by atoms with Crippen molar-refractivity contribution in [2.75, 3.05) is 5.32 Å². The highest BCUT2D eigenvalue weighted by atomic mass is 19.1. The van der Waals surface area contributed by atoms with Gasteiger partial charge < -0.3 is 9.84 Å². The monoisotopic (exact) mass is 486 g/mol. The predicted octanol–water partition coefficient (Wildman–Crippen LogP) is 5.50. The number of pyridine rings is 1. The van der Waals surface area contributed by atoms with Gasteiger partial charge in [0.2, 0.25) is 0 Å². The number of hydrogen-bond acceptors (Lipinski definition) is 5. The average Bonchev–Trinajstić information content (AvgIpc) is 3.57. The standard InChI is InChI=1S/C27H23FN4O4/c1-17(18-6-3-2-4-7-18)36-26(35)31-23-12-15-30-32(23)19-10-11-22(29-16-19)20-8-5-9-21(24(20)28)27(13-14-27)25(33)34/h2-12,15-17H,13-14H2,1H3,(H,31,35)(H,33,34). The van der Waals surface area contributed by atoms with Crippen molar-refractivity contribution < 1.29 is 23.8 Å². The number of carbonyl (C=O) groups excluding carboxylic acids is 1. The fraction of sp³-hybridized carbons (Fsp3) is 0.185. The molecule has 182 valence electrons. The minimum Gasteiger partial charge on any atom is -0.481 e. The molecule has 1 aliphatic carbocycles. The smallest absolute Gasteiger partial charge is 0.413 e. The lowest BCUT2D eigenvalue weighted by molar-refractivity contribution is -0.140. The summed E-state index contributed by atoms with van der Waals surface area (Å²) in [5.41, 5.74) is 1.02. The minimum atomic E-state index is -1.15. The van der Waals surface area contributed by atoms with Gasteiger partial charge in [-0.05, 0) is 43.5 Å². The number of nitrogens with zero attached hydrogens (tertiary/aromatic N) is 3. The van der Waals surface area contributed by atoms with E-state index in [4.69, 9.17) is 4.74 Å². The van der Waals surface area contributed by atoms with Gasteiger partial charge in [-0.1, -0.05) is 42.5 Å². The second-order valence-electron chi connectivity index (χ2n) is 8.67. The summed E-state index contributed by atoms with van der Waals surface area (Å²) in [5.74, 6) is -1.22. The van der Waals surface area contributed by atoms with E-state index < -0.39 is 29.4 Å². The SMILES string of the molecule is CC(OC(=O)Nc1ccnn1-c1ccc(-c2cccc(C3(C(=O)O)CC3)c2F)nc1)c1ccccc1. The summed E-state index contributed by atoms with van der Waals surface area (Å²) in [5, 5.41) is 16.5. The van der Waals surface area contributed by atoms with Crippen LogP contribution in [0.1, 0.15) is 37.0 Å². The van der Waals surface area contributed by atoms with Crippen LogP contribution < -0.4 is 5.32 Å². The molecule has 1 atom stereocenters. The molecular formula is C27H23FN4O4. The fourth-order valence-electron chi connectivity index (χ4n) is 4.18.